The molecule has 0 amide bonds. The molecule has 0 unspecified atom stereocenters. The summed E-state index contributed by atoms with van der Waals surface area (Å²) in [4.78, 5) is 0. The van der Waals surface area contributed by atoms with E-state index in [0.29, 0.717) is 0 Å². The van der Waals surface area contributed by atoms with Crippen molar-refractivity contribution >= 4 is 0 Å². The molecule has 0 aliphatic carbocycles. The zero-order valence-electron chi connectivity index (χ0n) is 6.21. The van der Waals surface area contributed by atoms with E-state index < -0.39 is 0 Å². The first-order valence-electron chi connectivity index (χ1n) is 3.35. The van der Waals surface area contributed by atoms with E-state index in [1.54, 1.807) is 12.2 Å². The molecule has 0 bridgehead atoms. The van der Waals surface area contributed by atoms with Crippen LogP contribution in [-0.4, -0.2) is 11.7 Å². The van der Waals surface area contributed by atoms with E-state index in [2.05, 4.69) is 13.2 Å². The number of hydrogen-bond acceptors (Lipinski definition) is 1. The highest BCUT2D eigenvalue weighted by Gasteiger charge is 1.88. The van der Waals surface area contributed by atoms with Gasteiger partial charge in [0.25, 0.3) is 0 Å². The van der Waals surface area contributed by atoms with Crippen molar-refractivity contribution in [2.75, 3.05) is 6.61 Å². The van der Waals surface area contributed by atoms with E-state index in [-0.39, 0.29) is 6.61 Å². The van der Waals surface area contributed by atoms with Crippen LogP contribution in [-0.2, 0) is 0 Å². The summed E-state index contributed by atoms with van der Waals surface area (Å²) in [7, 11) is 0. The molecule has 0 radical (unpaired) electrons. The van der Waals surface area contributed by atoms with E-state index in [1.807, 2.05) is 6.08 Å². The van der Waals surface area contributed by atoms with Crippen LogP contribution >= 0.6 is 0 Å². The summed E-state index contributed by atoms with van der Waals surface area (Å²) in [6.07, 6.45) is 7.15. The molecular weight excluding hydrogens is 124 g/mol. The highest BCUT2D eigenvalue weighted by atomic mass is 16.3. The maximum absolute atomic E-state index is 8.73. The number of rotatable bonds is 5. The van der Waals surface area contributed by atoms with Gasteiger partial charge in [0.05, 0.1) is 6.61 Å². The zero-order valence-corrected chi connectivity index (χ0v) is 6.21. The summed E-state index contributed by atoms with van der Waals surface area (Å²) >= 11 is 0. The lowest BCUT2D eigenvalue weighted by Gasteiger charge is -1.96. The molecule has 0 saturated heterocycles. The summed E-state index contributed by atoms with van der Waals surface area (Å²) in [5, 5.41) is 8.73. The minimum absolute atomic E-state index is 0.125. The molecule has 56 valence electrons. The van der Waals surface area contributed by atoms with Crippen LogP contribution in [0.4, 0.5) is 0 Å². The number of aliphatic hydroxyl groups excluding tert-OH is 1. The van der Waals surface area contributed by atoms with E-state index in [4.69, 9.17) is 5.11 Å². The third-order valence-corrected chi connectivity index (χ3v) is 1.18. The van der Waals surface area contributed by atoms with Gasteiger partial charge in [0, 0.05) is 0 Å². The zero-order chi connectivity index (χ0) is 7.82. The minimum Gasteiger partial charge on any atom is -0.392 e. The smallest absolute Gasteiger partial charge is 0.0644 e. The van der Waals surface area contributed by atoms with Gasteiger partial charge in [-0.1, -0.05) is 18.2 Å². The van der Waals surface area contributed by atoms with Crippen molar-refractivity contribution in [2.45, 2.75) is 12.8 Å². The van der Waals surface area contributed by atoms with Crippen LogP contribution in [0.15, 0.2) is 37.0 Å². The lowest BCUT2D eigenvalue weighted by molar-refractivity contribution is 0.328. The summed E-state index contributed by atoms with van der Waals surface area (Å²) in [5.41, 5.74) is 1.01. The van der Waals surface area contributed by atoms with Crippen LogP contribution in [0, 0.1) is 0 Å². The first-order valence-corrected chi connectivity index (χ1v) is 3.35. The van der Waals surface area contributed by atoms with Gasteiger partial charge in [-0.15, -0.1) is 13.2 Å². The van der Waals surface area contributed by atoms with Crippen molar-refractivity contribution in [1.29, 1.82) is 0 Å². The lowest BCUT2D eigenvalue weighted by Crippen LogP contribution is -1.87. The van der Waals surface area contributed by atoms with Gasteiger partial charge in [-0.3, -0.25) is 0 Å². The van der Waals surface area contributed by atoms with Gasteiger partial charge >= 0.3 is 0 Å². The summed E-state index contributed by atoms with van der Waals surface area (Å²) < 4.78 is 0. The second kappa shape index (κ2) is 6.30. The monoisotopic (exact) mass is 138 g/mol. The normalized spacial score (nSPS) is 11.1. The number of hydrogen-bond donors (Lipinski definition) is 1. The van der Waals surface area contributed by atoms with Crippen LogP contribution in [0.25, 0.3) is 0 Å². The van der Waals surface area contributed by atoms with Crippen molar-refractivity contribution in [3.8, 4) is 0 Å². The van der Waals surface area contributed by atoms with E-state index in [9.17, 15) is 0 Å². The Hall–Kier alpha value is -0.820. The maximum atomic E-state index is 8.73. The van der Waals surface area contributed by atoms with Gasteiger partial charge in [-0.25, -0.2) is 0 Å². The van der Waals surface area contributed by atoms with Gasteiger partial charge in [0.15, 0.2) is 0 Å². The Morgan fingerprint density at radius 3 is 2.40 bits per heavy atom. The molecule has 0 saturated carbocycles. The molecule has 0 aromatic heterocycles. The molecule has 0 atom stereocenters. The predicted molar refractivity (Wildman–Crippen MR) is 44.8 cm³/mol. The van der Waals surface area contributed by atoms with Crippen LogP contribution in [0.2, 0.25) is 0 Å². The van der Waals surface area contributed by atoms with Gasteiger partial charge < -0.3 is 5.11 Å². The quantitative estimate of drug-likeness (QED) is 0.576. The van der Waals surface area contributed by atoms with Gasteiger partial charge in [-0.05, 0) is 18.4 Å². The van der Waals surface area contributed by atoms with Crippen molar-refractivity contribution < 1.29 is 5.11 Å². The highest BCUT2D eigenvalue weighted by molar-refractivity contribution is 5.07. The molecule has 1 heteroatoms. The molecule has 0 aromatic rings. The molecule has 0 heterocycles. The fourth-order valence-electron chi connectivity index (χ4n) is 0.648. The Labute approximate surface area is 62.4 Å². The van der Waals surface area contributed by atoms with Gasteiger partial charge in [0.1, 0.15) is 0 Å². The maximum Gasteiger partial charge on any atom is 0.0644 e. The molecular formula is C9H14O. The molecule has 1 nitrogen and oxygen atoms in total. The molecule has 0 rings (SSSR count). The van der Waals surface area contributed by atoms with Crippen molar-refractivity contribution in [2.24, 2.45) is 0 Å². The summed E-state index contributed by atoms with van der Waals surface area (Å²) in [5.74, 6) is 0. The van der Waals surface area contributed by atoms with Crippen LogP contribution in [0.3, 0.4) is 0 Å². The Kier molecular flexibility index (Phi) is 5.79. The molecule has 0 spiro atoms. The Morgan fingerprint density at radius 1 is 1.30 bits per heavy atom. The van der Waals surface area contributed by atoms with Crippen LogP contribution in [0.5, 0.6) is 0 Å². The topological polar surface area (TPSA) is 20.2 Å². The third kappa shape index (κ3) is 4.10. The number of allylic oxidation sites excluding steroid dienone is 3. The molecule has 0 fully saturated rings. The van der Waals surface area contributed by atoms with E-state index >= 15 is 0 Å². The van der Waals surface area contributed by atoms with Crippen molar-refractivity contribution in [1.82, 2.24) is 0 Å². The van der Waals surface area contributed by atoms with Gasteiger partial charge in [0.2, 0.25) is 0 Å². The average Bonchev–Trinajstić information content (AvgIpc) is 1.98. The van der Waals surface area contributed by atoms with Crippen molar-refractivity contribution in [3.05, 3.63) is 37.0 Å². The second-order valence-electron chi connectivity index (χ2n) is 2.04. The van der Waals surface area contributed by atoms with E-state index in [1.165, 1.54) is 0 Å². The molecule has 0 aliphatic rings. The van der Waals surface area contributed by atoms with E-state index in [0.717, 1.165) is 18.4 Å². The highest BCUT2D eigenvalue weighted by Crippen LogP contribution is 2.01. The van der Waals surface area contributed by atoms with Gasteiger partial charge in [-0.2, -0.15) is 0 Å². The third-order valence-electron chi connectivity index (χ3n) is 1.18. The average molecular weight is 138 g/mol. The minimum atomic E-state index is 0.125. The summed E-state index contributed by atoms with van der Waals surface area (Å²) in [6, 6.07) is 0. The predicted octanol–water partition coefficient (Wildman–Crippen LogP) is 2.06. The first kappa shape index (κ1) is 9.18. The Morgan fingerprint density at radius 2 is 2.00 bits per heavy atom. The Bertz CT molecular complexity index is 134. The fraction of sp³-hybridized carbons (Fsp3) is 0.333. The summed E-state index contributed by atoms with van der Waals surface area (Å²) in [6.45, 7) is 7.28. The van der Waals surface area contributed by atoms with Crippen LogP contribution < -0.4 is 0 Å². The SMILES string of the molecule is C=CCC=C(CO)CC=C. The standard InChI is InChI=1S/C9H14O/c1-3-5-7-9(8-10)6-4-2/h3-4,7,10H,1-2,5-6,8H2. The van der Waals surface area contributed by atoms with Crippen LogP contribution in [0.1, 0.15) is 12.8 Å². The lowest BCUT2D eigenvalue weighted by atomic mass is 10.1. The Balaban J connectivity index is 3.76. The molecule has 0 aromatic carbocycles. The number of aliphatic hydroxyl groups is 1. The first-order chi connectivity index (χ1) is 4.85. The van der Waals surface area contributed by atoms with Crippen molar-refractivity contribution in [3.63, 3.8) is 0 Å². The fourth-order valence-corrected chi connectivity index (χ4v) is 0.648. The second-order valence-corrected chi connectivity index (χ2v) is 2.04. The largest absolute Gasteiger partial charge is 0.392 e. The molecule has 1 N–H and O–H groups in total. The molecule has 0 aliphatic heterocycles. The molecule has 10 heavy (non-hydrogen) atoms.